The van der Waals surface area contributed by atoms with Gasteiger partial charge in [0.05, 0.1) is 29.1 Å². The Labute approximate surface area is 366 Å². The highest BCUT2D eigenvalue weighted by Gasteiger charge is 2.18. The zero-order valence-corrected chi connectivity index (χ0v) is 32.5. The first-order valence-corrected chi connectivity index (χ1v) is 20.1. The normalized spacial score (nSPS) is 13.7. The Morgan fingerprint density at radius 3 is 1.69 bits per heavy atom. The van der Waals surface area contributed by atoms with Gasteiger partial charge in [-0.15, -0.1) is 0 Å². The Kier molecular flexibility index (Phi) is 6.28. The van der Waals surface area contributed by atoms with Crippen LogP contribution in [0, 0.1) is 0 Å². The predicted molar refractivity (Wildman–Crippen MR) is 257 cm³/mol. The van der Waals surface area contributed by atoms with E-state index in [2.05, 4.69) is 77.4 Å². The summed E-state index contributed by atoms with van der Waals surface area (Å²) in [5.41, 5.74) is 8.60. The zero-order valence-electron chi connectivity index (χ0n) is 41.5. The second kappa shape index (κ2) is 14.3. The number of rotatable bonds is 7. The van der Waals surface area contributed by atoms with Gasteiger partial charge in [-0.25, -0.2) is 0 Å². The SMILES string of the molecule is [2H]c1c([2H])c([2H])c(-c2c([2H])c([2H])c(N(c3ccc(-c4ccc5c(c4)oc4c6ccccc6ccc54)cc3)c3ccc(-c4ccccc4-n4c5ccccc5c5ccccc54)cc3)c([2H])c2[2H])c([2H])c1[2H]. The highest BCUT2D eigenvalue weighted by molar-refractivity contribution is 6.15. The van der Waals surface area contributed by atoms with Crippen molar-refractivity contribution in [2.75, 3.05) is 4.90 Å². The molecule has 0 aliphatic rings. The standard InChI is InChI=1S/C58H38N2O/c1-2-12-39(13-3-1)40-22-30-45(31-23-40)59(46-32-24-41(25-33-46)44-29-36-52-53-37-28-42-14-4-5-16-49(42)58(53)61-57(52)38-44)47-34-26-43(27-35-47)48-15-6-9-19-54(48)60-55-20-10-7-17-50(55)51-18-8-11-21-56(51)60/h1-38H/i1D,2D,3D,12D,13D,22D,23D,30D,31D. The van der Waals surface area contributed by atoms with Gasteiger partial charge in [0.15, 0.2) is 0 Å². The largest absolute Gasteiger partial charge is 0.455 e. The molecule has 0 unspecified atom stereocenters. The maximum absolute atomic E-state index is 9.51. The summed E-state index contributed by atoms with van der Waals surface area (Å²) in [7, 11) is 0. The van der Waals surface area contributed by atoms with E-state index in [9.17, 15) is 5.48 Å². The van der Waals surface area contributed by atoms with Crippen LogP contribution in [0.4, 0.5) is 17.1 Å². The summed E-state index contributed by atoms with van der Waals surface area (Å²) in [6, 6.07) is 53.6. The third-order valence-corrected chi connectivity index (χ3v) is 11.6. The van der Waals surface area contributed by atoms with E-state index in [0.717, 1.165) is 82.5 Å². The maximum atomic E-state index is 9.51. The van der Waals surface area contributed by atoms with Crippen molar-refractivity contribution in [1.29, 1.82) is 0 Å². The predicted octanol–water partition coefficient (Wildman–Crippen LogP) is 16.3. The second-order valence-electron chi connectivity index (χ2n) is 15.0. The van der Waals surface area contributed by atoms with Gasteiger partial charge in [-0.3, -0.25) is 0 Å². The summed E-state index contributed by atoms with van der Waals surface area (Å²) in [6.07, 6.45) is 0. The first-order chi connectivity index (χ1) is 34.0. The minimum atomic E-state index is -0.633. The summed E-state index contributed by atoms with van der Waals surface area (Å²) in [5, 5.41) is 6.46. The van der Waals surface area contributed by atoms with Crippen LogP contribution in [0.15, 0.2) is 235 Å². The molecule has 3 nitrogen and oxygen atoms in total. The first-order valence-electron chi connectivity index (χ1n) is 24.6. The maximum Gasteiger partial charge on any atom is 0.143 e. The molecule has 0 radical (unpaired) electrons. The molecule has 0 saturated carbocycles. The summed E-state index contributed by atoms with van der Waals surface area (Å²) in [4.78, 5) is 1.67. The van der Waals surface area contributed by atoms with E-state index in [1.165, 1.54) is 0 Å². The number of nitrogens with zero attached hydrogens (tertiary/aromatic N) is 2. The van der Waals surface area contributed by atoms with Crippen LogP contribution in [0.1, 0.15) is 12.3 Å². The molecular formula is C58H38N2O. The number of para-hydroxylation sites is 3. The molecule has 286 valence electrons. The lowest BCUT2D eigenvalue weighted by atomic mass is 10.0. The Hall–Kier alpha value is -8.14. The van der Waals surface area contributed by atoms with Crippen LogP contribution in [0.25, 0.3) is 93.6 Å². The highest BCUT2D eigenvalue weighted by Crippen LogP contribution is 2.41. The number of furan rings is 1. The third kappa shape index (κ3) is 5.90. The fraction of sp³-hybridized carbons (Fsp3) is 0. The van der Waals surface area contributed by atoms with Crippen molar-refractivity contribution in [2.24, 2.45) is 0 Å². The second-order valence-corrected chi connectivity index (χ2v) is 15.0. The topological polar surface area (TPSA) is 21.3 Å². The van der Waals surface area contributed by atoms with Crippen molar-refractivity contribution in [2.45, 2.75) is 0 Å². The van der Waals surface area contributed by atoms with E-state index < -0.39 is 59.9 Å². The van der Waals surface area contributed by atoms with Crippen LogP contribution in [0.5, 0.6) is 0 Å². The summed E-state index contributed by atoms with van der Waals surface area (Å²) in [5.74, 6) is 0. The third-order valence-electron chi connectivity index (χ3n) is 11.6. The van der Waals surface area contributed by atoms with Gasteiger partial charge in [0, 0.05) is 49.6 Å². The average molecular weight is 788 g/mol. The Balaban J connectivity index is 1.00. The summed E-state index contributed by atoms with van der Waals surface area (Å²) in [6.45, 7) is 0. The monoisotopic (exact) mass is 787 g/mol. The molecular weight excluding hydrogens is 741 g/mol. The van der Waals surface area contributed by atoms with Gasteiger partial charge in [0.2, 0.25) is 0 Å². The Morgan fingerprint density at radius 1 is 0.393 bits per heavy atom. The van der Waals surface area contributed by atoms with Gasteiger partial charge in [-0.05, 0) is 106 Å². The molecule has 12 rings (SSSR count). The molecule has 2 aromatic heterocycles. The Morgan fingerprint density at radius 2 is 0.967 bits per heavy atom. The number of benzene rings is 10. The van der Waals surface area contributed by atoms with Crippen molar-refractivity contribution in [3.63, 3.8) is 0 Å². The van der Waals surface area contributed by atoms with Crippen LogP contribution in [0.3, 0.4) is 0 Å². The molecule has 0 N–H and O–H groups in total. The fourth-order valence-electron chi connectivity index (χ4n) is 8.70. The van der Waals surface area contributed by atoms with Crippen molar-refractivity contribution < 1.29 is 16.8 Å². The van der Waals surface area contributed by atoms with E-state index in [1.807, 2.05) is 103 Å². The minimum Gasteiger partial charge on any atom is -0.455 e. The van der Waals surface area contributed by atoms with Crippen molar-refractivity contribution in [1.82, 2.24) is 4.57 Å². The van der Waals surface area contributed by atoms with Crippen molar-refractivity contribution >= 4 is 71.6 Å². The molecule has 61 heavy (non-hydrogen) atoms. The van der Waals surface area contributed by atoms with Crippen LogP contribution in [0.2, 0.25) is 0 Å². The average Bonchev–Trinajstić information content (AvgIpc) is 3.95. The number of hydrogen-bond donors (Lipinski definition) is 0. The minimum absolute atomic E-state index is 0.0757. The van der Waals surface area contributed by atoms with E-state index in [0.29, 0.717) is 11.4 Å². The molecule has 0 aliphatic carbocycles. The summed E-state index contributed by atoms with van der Waals surface area (Å²) < 4.78 is 88.5. The molecule has 0 bridgehead atoms. The fourth-order valence-corrected chi connectivity index (χ4v) is 8.70. The van der Waals surface area contributed by atoms with Crippen molar-refractivity contribution in [3.05, 3.63) is 230 Å². The van der Waals surface area contributed by atoms with Crippen LogP contribution in [-0.4, -0.2) is 4.57 Å². The molecule has 0 saturated heterocycles. The van der Waals surface area contributed by atoms with E-state index in [1.54, 1.807) is 4.90 Å². The van der Waals surface area contributed by atoms with Gasteiger partial charge in [0.1, 0.15) is 11.2 Å². The number of hydrogen-bond acceptors (Lipinski definition) is 2. The molecule has 0 spiro atoms. The molecule has 0 aliphatic heterocycles. The quantitative estimate of drug-likeness (QED) is 0.160. The van der Waals surface area contributed by atoms with E-state index in [-0.39, 0.29) is 11.3 Å². The summed E-state index contributed by atoms with van der Waals surface area (Å²) >= 11 is 0. The van der Waals surface area contributed by atoms with Gasteiger partial charge < -0.3 is 13.9 Å². The zero-order chi connectivity index (χ0) is 48.1. The van der Waals surface area contributed by atoms with Crippen LogP contribution in [-0.2, 0) is 0 Å². The van der Waals surface area contributed by atoms with Crippen LogP contribution >= 0.6 is 0 Å². The lowest BCUT2D eigenvalue weighted by Gasteiger charge is -2.26. The molecule has 0 atom stereocenters. The van der Waals surface area contributed by atoms with Crippen molar-refractivity contribution in [3.8, 4) is 39.1 Å². The Bertz CT molecular complexity index is 4010. The van der Waals surface area contributed by atoms with E-state index >= 15 is 0 Å². The molecule has 2 heterocycles. The number of fused-ring (bicyclic) bond motifs is 8. The lowest BCUT2D eigenvalue weighted by molar-refractivity contribution is 0.673. The number of anilines is 3. The van der Waals surface area contributed by atoms with Gasteiger partial charge in [-0.1, -0.05) is 158 Å². The molecule has 0 fully saturated rings. The molecule has 0 amide bonds. The number of aromatic nitrogens is 1. The molecule has 3 heteroatoms. The van der Waals surface area contributed by atoms with Gasteiger partial charge in [0.25, 0.3) is 0 Å². The molecule has 12 aromatic rings. The van der Waals surface area contributed by atoms with Crippen LogP contribution < -0.4 is 4.90 Å². The van der Waals surface area contributed by atoms with E-state index in [4.69, 9.17) is 11.3 Å². The molecule has 10 aromatic carbocycles. The highest BCUT2D eigenvalue weighted by atomic mass is 16.3. The smallest absolute Gasteiger partial charge is 0.143 e. The van der Waals surface area contributed by atoms with Gasteiger partial charge in [-0.2, -0.15) is 0 Å². The van der Waals surface area contributed by atoms with Gasteiger partial charge >= 0.3 is 0 Å². The first kappa shape index (κ1) is 26.8. The lowest BCUT2D eigenvalue weighted by Crippen LogP contribution is -2.09.